The number of benzene rings is 2. The number of aryl methyl sites for hydroxylation is 3. The van der Waals surface area contributed by atoms with Gasteiger partial charge in [0.25, 0.3) is 0 Å². The zero-order valence-corrected chi connectivity index (χ0v) is 11.3. The highest BCUT2D eigenvalue weighted by Gasteiger charge is 2.18. The minimum atomic E-state index is -0.183. The Balaban J connectivity index is 2.40. The number of hydrogen-bond donors (Lipinski definition) is 0. The van der Waals surface area contributed by atoms with Gasteiger partial charge in [0.05, 0.1) is 5.39 Å². The smallest absolute Gasteiger partial charge is 0.203 e. The van der Waals surface area contributed by atoms with E-state index in [4.69, 9.17) is 0 Å². The maximum Gasteiger partial charge on any atom is 0.203 e. The molecular formula is C16H16FN2+. The molecule has 0 spiro atoms. The van der Waals surface area contributed by atoms with Crippen molar-refractivity contribution in [3.05, 3.63) is 59.5 Å². The molecule has 0 aliphatic carbocycles. The third kappa shape index (κ3) is 1.82. The third-order valence-corrected chi connectivity index (χ3v) is 3.47. The van der Waals surface area contributed by atoms with E-state index in [-0.39, 0.29) is 5.82 Å². The van der Waals surface area contributed by atoms with E-state index in [1.807, 2.05) is 37.7 Å². The first-order valence-electron chi connectivity index (χ1n) is 6.31. The Labute approximate surface area is 111 Å². The molecule has 0 atom stereocenters. The van der Waals surface area contributed by atoms with Gasteiger partial charge in [0, 0.05) is 0 Å². The van der Waals surface area contributed by atoms with E-state index >= 15 is 0 Å². The Hall–Kier alpha value is -2.16. The standard InChI is InChI=1S/C16H16FN2/c1-11-8-14(17)9-12(2)16(11)19-15-7-5-4-6-13(15)10-18(19)3/h4-10H,1-3H3/q+1. The predicted octanol–water partition coefficient (Wildman–Crippen LogP) is 3.21. The number of aromatic nitrogens is 2. The largest absolute Gasteiger partial charge is 0.207 e. The highest BCUT2D eigenvalue weighted by molar-refractivity contribution is 5.79. The third-order valence-electron chi connectivity index (χ3n) is 3.47. The number of rotatable bonds is 1. The fourth-order valence-corrected chi connectivity index (χ4v) is 2.73. The molecule has 3 heteroatoms. The van der Waals surface area contributed by atoms with Gasteiger partial charge < -0.3 is 0 Å². The van der Waals surface area contributed by atoms with Crippen LogP contribution in [-0.2, 0) is 7.05 Å². The number of halogens is 1. The van der Waals surface area contributed by atoms with Crippen LogP contribution in [0.1, 0.15) is 11.1 Å². The molecule has 0 N–H and O–H groups in total. The predicted molar refractivity (Wildman–Crippen MR) is 73.9 cm³/mol. The van der Waals surface area contributed by atoms with Gasteiger partial charge in [0.2, 0.25) is 6.20 Å². The Morgan fingerprint density at radius 3 is 2.37 bits per heavy atom. The molecule has 96 valence electrons. The maximum atomic E-state index is 13.4. The monoisotopic (exact) mass is 255 g/mol. The van der Waals surface area contributed by atoms with E-state index in [2.05, 4.69) is 23.0 Å². The molecule has 1 heterocycles. The summed E-state index contributed by atoms with van der Waals surface area (Å²) in [5.41, 5.74) is 4.05. The Bertz CT molecular complexity index is 749. The average molecular weight is 255 g/mol. The lowest BCUT2D eigenvalue weighted by molar-refractivity contribution is -0.741. The molecule has 0 aliphatic rings. The first-order valence-corrected chi connectivity index (χ1v) is 6.31. The molecule has 0 saturated carbocycles. The molecule has 0 amide bonds. The van der Waals surface area contributed by atoms with Crippen molar-refractivity contribution < 1.29 is 9.07 Å². The van der Waals surface area contributed by atoms with E-state index in [1.165, 1.54) is 5.39 Å². The van der Waals surface area contributed by atoms with E-state index in [0.29, 0.717) is 0 Å². The van der Waals surface area contributed by atoms with Crippen molar-refractivity contribution in [1.29, 1.82) is 0 Å². The highest BCUT2D eigenvalue weighted by Crippen LogP contribution is 2.23. The summed E-state index contributed by atoms with van der Waals surface area (Å²) in [6.45, 7) is 3.89. The second-order valence-corrected chi connectivity index (χ2v) is 4.96. The molecule has 2 aromatic carbocycles. The van der Waals surface area contributed by atoms with Crippen molar-refractivity contribution in [3.8, 4) is 5.69 Å². The van der Waals surface area contributed by atoms with Gasteiger partial charge in [0.1, 0.15) is 17.0 Å². The summed E-state index contributed by atoms with van der Waals surface area (Å²) < 4.78 is 17.6. The van der Waals surface area contributed by atoms with Gasteiger partial charge in [0.15, 0.2) is 7.05 Å². The molecule has 2 nitrogen and oxygen atoms in total. The van der Waals surface area contributed by atoms with Crippen molar-refractivity contribution in [2.24, 2.45) is 7.05 Å². The van der Waals surface area contributed by atoms with Crippen LogP contribution in [0.25, 0.3) is 16.6 Å². The van der Waals surface area contributed by atoms with Crippen molar-refractivity contribution in [3.63, 3.8) is 0 Å². The quantitative estimate of drug-likeness (QED) is 0.590. The van der Waals surface area contributed by atoms with E-state index in [9.17, 15) is 4.39 Å². The SMILES string of the molecule is Cc1cc(F)cc(C)c1-n1c2ccccc2c[n+]1C. The van der Waals surface area contributed by atoms with Crippen LogP contribution in [-0.4, -0.2) is 4.68 Å². The van der Waals surface area contributed by atoms with Gasteiger partial charge in [-0.05, 0) is 49.2 Å². The lowest BCUT2D eigenvalue weighted by Crippen LogP contribution is -2.37. The molecule has 0 unspecified atom stereocenters. The Morgan fingerprint density at radius 1 is 1.05 bits per heavy atom. The topological polar surface area (TPSA) is 8.81 Å². The summed E-state index contributed by atoms with van der Waals surface area (Å²) in [7, 11) is 2.00. The zero-order chi connectivity index (χ0) is 13.6. The Morgan fingerprint density at radius 2 is 1.68 bits per heavy atom. The number of para-hydroxylation sites is 1. The molecule has 1 aromatic heterocycles. The summed E-state index contributed by atoms with van der Waals surface area (Å²) >= 11 is 0. The highest BCUT2D eigenvalue weighted by atomic mass is 19.1. The van der Waals surface area contributed by atoms with E-state index in [0.717, 1.165) is 22.3 Å². The van der Waals surface area contributed by atoms with Gasteiger partial charge in [-0.3, -0.25) is 0 Å². The molecule has 3 rings (SSSR count). The molecule has 0 fully saturated rings. The van der Waals surface area contributed by atoms with Gasteiger partial charge in [-0.15, -0.1) is 9.36 Å². The number of fused-ring (bicyclic) bond motifs is 1. The van der Waals surface area contributed by atoms with Gasteiger partial charge in [-0.25, -0.2) is 4.39 Å². The molecule has 19 heavy (non-hydrogen) atoms. The molecule has 0 saturated heterocycles. The maximum absolute atomic E-state index is 13.4. The van der Waals surface area contributed by atoms with Crippen molar-refractivity contribution in [2.45, 2.75) is 13.8 Å². The van der Waals surface area contributed by atoms with Crippen molar-refractivity contribution in [2.75, 3.05) is 0 Å². The molecule has 0 bridgehead atoms. The summed E-state index contributed by atoms with van der Waals surface area (Å²) in [5, 5.41) is 1.17. The van der Waals surface area contributed by atoms with E-state index < -0.39 is 0 Å². The first kappa shape index (κ1) is 11.9. The minimum Gasteiger partial charge on any atom is -0.207 e. The van der Waals surface area contributed by atoms with Crippen molar-refractivity contribution in [1.82, 2.24) is 4.68 Å². The van der Waals surface area contributed by atoms with Gasteiger partial charge in [-0.2, -0.15) is 0 Å². The molecule has 0 radical (unpaired) electrons. The molecule has 0 aliphatic heterocycles. The molecule has 3 aromatic rings. The van der Waals surface area contributed by atoms with E-state index in [1.54, 1.807) is 12.1 Å². The fraction of sp³-hybridized carbons (Fsp3) is 0.188. The van der Waals surface area contributed by atoms with Crippen molar-refractivity contribution >= 4 is 10.9 Å². The fourth-order valence-electron chi connectivity index (χ4n) is 2.73. The van der Waals surface area contributed by atoms with Gasteiger partial charge >= 0.3 is 0 Å². The average Bonchev–Trinajstić information content (AvgIpc) is 2.65. The normalized spacial score (nSPS) is 11.2. The zero-order valence-electron chi connectivity index (χ0n) is 11.3. The first-order chi connectivity index (χ1) is 9.08. The molecular weight excluding hydrogens is 239 g/mol. The second kappa shape index (κ2) is 4.19. The van der Waals surface area contributed by atoms with Crippen LogP contribution in [0.5, 0.6) is 0 Å². The summed E-state index contributed by atoms with van der Waals surface area (Å²) in [6, 6.07) is 11.4. The van der Waals surface area contributed by atoms with Crippen LogP contribution in [0.2, 0.25) is 0 Å². The summed E-state index contributed by atoms with van der Waals surface area (Å²) in [5.74, 6) is -0.183. The van der Waals surface area contributed by atoms with Crippen LogP contribution >= 0.6 is 0 Å². The minimum absolute atomic E-state index is 0.183. The van der Waals surface area contributed by atoms with Crippen LogP contribution in [0.3, 0.4) is 0 Å². The summed E-state index contributed by atoms with van der Waals surface area (Å²) in [6.07, 6.45) is 2.08. The second-order valence-electron chi connectivity index (χ2n) is 4.96. The van der Waals surface area contributed by atoms with Crippen LogP contribution < -0.4 is 4.68 Å². The van der Waals surface area contributed by atoms with Crippen LogP contribution in [0.4, 0.5) is 4.39 Å². The van der Waals surface area contributed by atoms with Gasteiger partial charge in [-0.1, -0.05) is 12.1 Å². The number of hydrogen-bond acceptors (Lipinski definition) is 0. The lowest BCUT2D eigenvalue weighted by Gasteiger charge is -2.09. The Kier molecular flexibility index (Phi) is 2.63. The summed E-state index contributed by atoms with van der Waals surface area (Å²) in [4.78, 5) is 0. The number of nitrogens with zero attached hydrogens (tertiary/aromatic N) is 2. The van der Waals surface area contributed by atoms with Crippen LogP contribution in [0, 0.1) is 19.7 Å². The van der Waals surface area contributed by atoms with Crippen LogP contribution in [0.15, 0.2) is 42.6 Å². The lowest BCUT2D eigenvalue weighted by atomic mass is 10.1.